The molecule has 10 nitrogen and oxygen atoms in total. The van der Waals surface area contributed by atoms with E-state index in [4.69, 9.17) is 24.7 Å². The van der Waals surface area contributed by atoms with Crippen LogP contribution in [0.3, 0.4) is 0 Å². The molecule has 0 amide bonds. The molecule has 6 aromatic rings. The van der Waals surface area contributed by atoms with Gasteiger partial charge in [-0.1, -0.05) is 61.4 Å². The van der Waals surface area contributed by atoms with Gasteiger partial charge in [0.05, 0.1) is 40.3 Å². The second-order valence-electron chi connectivity index (χ2n) is 13.9. The van der Waals surface area contributed by atoms with Crippen molar-refractivity contribution in [2.45, 2.75) is 62.9 Å². The van der Waals surface area contributed by atoms with Crippen molar-refractivity contribution < 1.29 is 19.4 Å². The first-order chi connectivity index (χ1) is 25.3. The number of aromatic nitrogens is 4. The van der Waals surface area contributed by atoms with E-state index < -0.39 is 11.9 Å². The summed E-state index contributed by atoms with van der Waals surface area (Å²) in [5.74, 6) is 0.405. The number of esters is 1. The van der Waals surface area contributed by atoms with Crippen molar-refractivity contribution in [2.75, 3.05) is 24.4 Å². The molecule has 10 heteroatoms. The van der Waals surface area contributed by atoms with E-state index in [1.54, 1.807) is 30.3 Å². The molecule has 2 unspecified atom stereocenters. The summed E-state index contributed by atoms with van der Waals surface area (Å²) in [6.45, 7) is 0. The summed E-state index contributed by atoms with van der Waals surface area (Å²) in [5, 5.41) is 13.3. The van der Waals surface area contributed by atoms with Gasteiger partial charge < -0.3 is 20.1 Å². The molecule has 52 heavy (non-hydrogen) atoms. The maximum Gasteiger partial charge on any atom is 0.337 e. The topological polar surface area (TPSA) is 130 Å². The number of nitrogens with one attached hydrogen (secondary N) is 1. The van der Waals surface area contributed by atoms with E-state index in [1.165, 1.54) is 25.5 Å². The lowest BCUT2D eigenvalue weighted by molar-refractivity contribution is 0.0600. The van der Waals surface area contributed by atoms with Crippen molar-refractivity contribution in [3.05, 3.63) is 108 Å². The van der Waals surface area contributed by atoms with Crippen LogP contribution in [0.25, 0.3) is 44.6 Å². The van der Waals surface area contributed by atoms with Crippen molar-refractivity contribution >= 4 is 45.6 Å². The van der Waals surface area contributed by atoms with Crippen LogP contribution in [0.15, 0.2) is 91.0 Å². The standard InChI is InChI=1S/C42H40N6O4/c1-48(40-38(25-9-4-3-5-10-25)45-34-19-16-29(41(49)50)23-36(34)47-40)32-18-15-27(22-32)26-11-8-12-28(21-26)37-39(43-31-13-6-7-14-31)46-35-24-30(42(51)52-2)17-20-33(35)44-37/h3-5,8-12,16-17,19-21,23-24,27,31-32H,6-7,13-15,18,22H2,1-2H3,(H,43,46)(H,49,50). The molecule has 2 heterocycles. The van der Waals surface area contributed by atoms with Crippen LogP contribution in [0.2, 0.25) is 0 Å². The molecule has 2 aromatic heterocycles. The van der Waals surface area contributed by atoms with E-state index in [0.29, 0.717) is 39.6 Å². The highest BCUT2D eigenvalue weighted by Gasteiger charge is 2.31. The number of carbonyl (C=O) groups excluding carboxylic acids is 1. The molecule has 2 aliphatic carbocycles. The largest absolute Gasteiger partial charge is 0.478 e. The zero-order valence-corrected chi connectivity index (χ0v) is 29.3. The SMILES string of the molecule is COC(=O)c1ccc2nc(-c3cccc(C4CCC(N(C)c5nc6cc(C(=O)O)ccc6nc5-c5ccccc5)C4)c3)c(NC3CCCC3)nc2c1. The van der Waals surface area contributed by atoms with E-state index >= 15 is 0 Å². The number of benzene rings is 4. The minimum Gasteiger partial charge on any atom is -0.478 e. The maximum absolute atomic E-state index is 12.3. The van der Waals surface area contributed by atoms with Crippen LogP contribution < -0.4 is 10.2 Å². The van der Waals surface area contributed by atoms with Gasteiger partial charge in [-0.05, 0) is 86.1 Å². The second kappa shape index (κ2) is 14.0. The molecule has 2 N–H and O–H groups in total. The van der Waals surface area contributed by atoms with Gasteiger partial charge in [0.25, 0.3) is 0 Å². The number of hydrogen-bond donors (Lipinski definition) is 2. The van der Waals surface area contributed by atoms with Crippen LogP contribution in [0.4, 0.5) is 11.6 Å². The first kappa shape index (κ1) is 33.3. The molecular formula is C42H40N6O4. The second-order valence-corrected chi connectivity index (χ2v) is 13.9. The molecule has 0 radical (unpaired) electrons. The molecular weight excluding hydrogens is 652 g/mol. The minimum atomic E-state index is -0.990. The fourth-order valence-corrected chi connectivity index (χ4v) is 7.80. The van der Waals surface area contributed by atoms with Crippen molar-refractivity contribution in [1.82, 2.24) is 19.9 Å². The van der Waals surface area contributed by atoms with Gasteiger partial charge in [0.15, 0.2) is 11.6 Å². The number of aromatic carboxylic acids is 1. The number of anilines is 2. The fourth-order valence-electron chi connectivity index (χ4n) is 7.80. The van der Waals surface area contributed by atoms with Gasteiger partial charge >= 0.3 is 11.9 Å². The number of ether oxygens (including phenoxy) is 1. The van der Waals surface area contributed by atoms with E-state index in [1.807, 2.05) is 36.4 Å². The highest BCUT2D eigenvalue weighted by molar-refractivity contribution is 5.95. The average molecular weight is 693 g/mol. The van der Waals surface area contributed by atoms with E-state index in [9.17, 15) is 14.7 Å². The van der Waals surface area contributed by atoms with E-state index in [0.717, 1.165) is 66.3 Å². The Kier molecular flexibility index (Phi) is 8.97. The predicted octanol–water partition coefficient (Wildman–Crippen LogP) is 8.52. The van der Waals surface area contributed by atoms with Crippen LogP contribution in [0.1, 0.15) is 77.1 Å². The Bertz CT molecular complexity index is 2310. The number of nitrogens with zero attached hydrogens (tertiary/aromatic N) is 5. The first-order valence-electron chi connectivity index (χ1n) is 17.9. The maximum atomic E-state index is 12.3. The van der Waals surface area contributed by atoms with Gasteiger partial charge in [-0.2, -0.15) is 0 Å². The van der Waals surface area contributed by atoms with Crippen LogP contribution in [-0.4, -0.2) is 63.2 Å². The number of fused-ring (bicyclic) bond motifs is 2. The van der Waals surface area contributed by atoms with Gasteiger partial charge in [0, 0.05) is 30.3 Å². The van der Waals surface area contributed by atoms with Gasteiger partial charge in [0.2, 0.25) is 0 Å². The summed E-state index contributed by atoms with van der Waals surface area (Å²) in [6, 6.07) is 29.5. The lowest BCUT2D eigenvalue weighted by Crippen LogP contribution is -2.30. The smallest absolute Gasteiger partial charge is 0.337 e. The van der Waals surface area contributed by atoms with Gasteiger partial charge in [-0.25, -0.2) is 29.5 Å². The summed E-state index contributed by atoms with van der Waals surface area (Å²) >= 11 is 0. The van der Waals surface area contributed by atoms with Crippen molar-refractivity contribution in [2.24, 2.45) is 0 Å². The summed E-state index contributed by atoms with van der Waals surface area (Å²) in [7, 11) is 3.45. The Hall–Kier alpha value is -5.90. The van der Waals surface area contributed by atoms with Crippen LogP contribution in [-0.2, 0) is 4.74 Å². The Balaban J connectivity index is 1.11. The summed E-state index contributed by atoms with van der Waals surface area (Å²) in [5.41, 5.74) is 8.01. The average Bonchev–Trinajstić information content (AvgIpc) is 3.90. The summed E-state index contributed by atoms with van der Waals surface area (Å²) < 4.78 is 4.95. The Morgan fingerprint density at radius 3 is 2.17 bits per heavy atom. The first-order valence-corrected chi connectivity index (χ1v) is 17.9. The van der Waals surface area contributed by atoms with Gasteiger partial charge in [-0.3, -0.25) is 0 Å². The van der Waals surface area contributed by atoms with Gasteiger partial charge in [0.1, 0.15) is 11.4 Å². The molecule has 8 rings (SSSR count). The minimum absolute atomic E-state index is 0.187. The Morgan fingerprint density at radius 2 is 1.42 bits per heavy atom. The van der Waals surface area contributed by atoms with Gasteiger partial charge in [-0.15, -0.1) is 0 Å². The van der Waals surface area contributed by atoms with Crippen molar-refractivity contribution in [1.29, 1.82) is 0 Å². The molecule has 0 aliphatic heterocycles. The molecule has 0 spiro atoms. The number of methoxy groups -OCH3 is 1. The molecule has 262 valence electrons. The third-order valence-corrected chi connectivity index (χ3v) is 10.6. The van der Waals surface area contributed by atoms with Crippen LogP contribution in [0.5, 0.6) is 0 Å². The Morgan fingerprint density at radius 1 is 0.731 bits per heavy atom. The van der Waals surface area contributed by atoms with E-state index in [2.05, 4.69) is 41.5 Å². The lowest BCUT2D eigenvalue weighted by Gasteiger charge is -2.28. The highest BCUT2D eigenvalue weighted by Crippen LogP contribution is 2.41. The molecule has 0 saturated heterocycles. The number of carboxylic acids is 1. The van der Waals surface area contributed by atoms with Crippen molar-refractivity contribution in [3.8, 4) is 22.5 Å². The molecule has 2 saturated carbocycles. The number of hydrogen-bond acceptors (Lipinski definition) is 9. The number of rotatable bonds is 9. The predicted molar refractivity (Wildman–Crippen MR) is 203 cm³/mol. The Labute approximate surface area is 301 Å². The zero-order valence-electron chi connectivity index (χ0n) is 29.3. The number of carbonyl (C=O) groups is 2. The summed E-state index contributed by atoms with van der Waals surface area (Å²) in [6.07, 6.45) is 7.47. The zero-order chi connectivity index (χ0) is 35.8. The molecule has 4 aromatic carbocycles. The van der Waals surface area contributed by atoms with Crippen LogP contribution >= 0.6 is 0 Å². The van der Waals surface area contributed by atoms with Crippen molar-refractivity contribution in [3.63, 3.8) is 0 Å². The molecule has 2 fully saturated rings. The highest BCUT2D eigenvalue weighted by atomic mass is 16.5. The molecule has 2 aliphatic rings. The third kappa shape index (κ3) is 6.52. The normalized spacial score (nSPS) is 17.4. The fraction of sp³-hybridized carbons (Fsp3) is 0.286. The third-order valence-electron chi connectivity index (χ3n) is 10.6. The molecule has 0 bridgehead atoms. The number of carboxylic acid groups (broad SMARTS) is 1. The monoisotopic (exact) mass is 692 g/mol. The summed E-state index contributed by atoms with van der Waals surface area (Å²) in [4.78, 5) is 46.4. The molecule has 2 atom stereocenters. The lowest BCUT2D eigenvalue weighted by atomic mass is 9.94. The van der Waals surface area contributed by atoms with Crippen LogP contribution in [0, 0.1) is 0 Å². The quantitative estimate of drug-likeness (QED) is 0.142. The van der Waals surface area contributed by atoms with E-state index in [-0.39, 0.29) is 11.6 Å².